The van der Waals surface area contributed by atoms with Gasteiger partial charge in [0, 0.05) is 0 Å². The highest BCUT2D eigenvalue weighted by molar-refractivity contribution is 4.86. The van der Waals surface area contributed by atoms with Gasteiger partial charge in [0.25, 0.3) is 0 Å². The van der Waals surface area contributed by atoms with E-state index in [0.29, 0.717) is 0 Å². The zero-order valence-electron chi connectivity index (χ0n) is 8.54. The van der Waals surface area contributed by atoms with Gasteiger partial charge in [0.2, 0.25) is 0 Å². The Morgan fingerprint density at radius 3 is 1.45 bits per heavy atom. The van der Waals surface area contributed by atoms with Gasteiger partial charge in [0.15, 0.2) is 0 Å². The van der Waals surface area contributed by atoms with E-state index in [0.717, 1.165) is 0 Å². The molecule has 0 saturated heterocycles. The minimum Gasteiger partial charge on any atom is -0.0648 e. The van der Waals surface area contributed by atoms with E-state index in [-0.39, 0.29) is 0 Å². The molecule has 0 heterocycles. The summed E-state index contributed by atoms with van der Waals surface area (Å²) in [4.78, 5) is 0. The largest absolute Gasteiger partial charge is 0.0648 e. The van der Waals surface area contributed by atoms with Gasteiger partial charge in [-0.15, -0.1) is 0 Å². The third-order valence-electron chi connectivity index (χ3n) is 2.41. The molecule has 0 bridgehead atoms. The normalized spacial score (nSPS) is 11.5. The number of hydrogen-bond donors (Lipinski definition) is 0. The van der Waals surface area contributed by atoms with Gasteiger partial charge >= 0.3 is 0 Å². The highest BCUT2D eigenvalue weighted by Gasteiger charge is 2.02. The summed E-state index contributed by atoms with van der Waals surface area (Å²) >= 11 is 0. The van der Waals surface area contributed by atoms with E-state index in [1.54, 1.807) is 11.8 Å². The van der Waals surface area contributed by atoms with Crippen molar-refractivity contribution in [3.63, 3.8) is 0 Å². The zero-order valence-corrected chi connectivity index (χ0v) is 8.54. The Kier molecular flexibility index (Phi) is 6.69. The van der Waals surface area contributed by atoms with Crippen molar-refractivity contribution in [2.24, 2.45) is 0 Å². The Balaban J connectivity index is 3.13. The average Bonchev–Trinajstić information content (AvgIpc) is 2.04. The summed E-state index contributed by atoms with van der Waals surface area (Å²) in [5.41, 5.74) is 0. The van der Waals surface area contributed by atoms with Crippen molar-refractivity contribution in [3.05, 3.63) is 11.8 Å². The molecule has 0 spiro atoms. The van der Waals surface area contributed by atoms with Crippen molar-refractivity contribution in [1.82, 2.24) is 0 Å². The molecule has 66 valence electrons. The maximum absolute atomic E-state index is 2.27. The van der Waals surface area contributed by atoms with Crippen LogP contribution in [0.4, 0.5) is 0 Å². The van der Waals surface area contributed by atoms with Crippen LogP contribution in [0.25, 0.3) is 0 Å². The molecule has 0 aliphatic rings. The monoisotopic (exact) mass is 154 g/mol. The van der Waals surface area contributed by atoms with Crippen LogP contribution >= 0.6 is 0 Å². The van der Waals surface area contributed by atoms with Crippen LogP contribution in [0.3, 0.4) is 0 Å². The van der Waals surface area contributed by atoms with E-state index in [9.17, 15) is 0 Å². The first-order valence-electron chi connectivity index (χ1n) is 4.83. The molecule has 0 aliphatic heterocycles. The Bertz CT molecular complexity index is 66.1. The van der Waals surface area contributed by atoms with Crippen LogP contribution in [0, 0.1) is 11.8 Å². The van der Waals surface area contributed by atoms with Crippen LogP contribution in [-0.4, -0.2) is 0 Å². The van der Waals surface area contributed by atoms with Crippen LogP contribution < -0.4 is 0 Å². The van der Waals surface area contributed by atoms with Gasteiger partial charge in [0.1, 0.15) is 0 Å². The van der Waals surface area contributed by atoms with Gasteiger partial charge in [-0.3, -0.25) is 0 Å². The first-order valence-corrected chi connectivity index (χ1v) is 4.83. The summed E-state index contributed by atoms with van der Waals surface area (Å²) in [5, 5.41) is 0. The fraction of sp³-hybridized carbons (Fsp3) is 0.818. The van der Waals surface area contributed by atoms with Crippen LogP contribution in [0.2, 0.25) is 0 Å². The third kappa shape index (κ3) is 6.40. The second-order valence-electron chi connectivity index (χ2n) is 3.47. The van der Waals surface area contributed by atoms with Crippen LogP contribution in [0.1, 0.15) is 59.8 Å². The number of rotatable bonds is 6. The van der Waals surface area contributed by atoms with E-state index in [1.807, 2.05) is 0 Å². The summed E-state index contributed by atoms with van der Waals surface area (Å²) in [6.07, 6.45) is 6.53. The van der Waals surface area contributed by atoms with Gasteiger partial charge in [-0.05, 0) is 24.7 Å². The summed E-state index contributed by atoms with van der Waals surface area (Å²) < 4.78 is 0. The summed E-state index contributed by atoms with van der Waals surface area (Å²) in [7, 11) is 0. The zero-order chi connectivity index (χ0) is 8.69. The van der Waals surface area contributed by atoms with Gasteiger partial charge in [0.05, 0.1) is 0 Å². The van der Waals surface area contributed by atoms with Crippen molar-refractivity contribution < 1.29 is 0 Å². The molecule has 0 saturated carbocycles. The molecule has 0 nitrogen and oxygen atoms in total. The standard InChI is InChI=1S/C11H22/c1-5-10(3)8-7-9-11(4)6-2/h5-9H2,1-4H3. The molecule has 0 N–H and O–H groups in total. The van der Waals surface area contributed by atoms with Gasteiger partial charge in [-0.2, -0.15) is 0 Å². The molecule has 0 unspecified atom stereocenters. The van der Waals surface area contributed by atoms with Crippen molar-refractivity contribution in [3.8, 4) is 0 Å². The second kappa shape index (κ2) is 6.69. The van der Waals surface area contributed by atoms with Crippen molar-refractivity contribution in [2.45, 2.75) is 59.8 Å². The highest BCUT2D eigenvalue weighted by Crippen LogP contribution is 2.18. The lowest BCUT2D eigenvalue weighted by Gasteiger charge is -2.10. The first-order chi connectivity index (χ1) is 5.20. The maximum atomic E-state index is 2.27. The van der Waals surface area contributed by atoms with E-state index in [2.05, 4.69) is 27.7 Å². The molecule has 0 aromatic carbocycles. The van der Waals surface area contributed by atoms with Crippen LogP contribution in [0.5, 0.6) is 0 Å². The minimum absolute atomic E-state index is 1.26. The smallest absolute Gasteiger partial charge is 0.0275 e. The lowest BCUT2D eigenvalue weighted by atomic mass is 9.96. The quantitative estimate of drug-likeness (QED) is 0.538. The molecular formula is C11H22. The summed E-state index contributed by atoms with van der Waals surface area (Å²) in [6, 6.07) is 0. The molecular weight excluding hydrogens is 132 g/mol. The lowest BCUT2D eigenvalue weighted by Crippen LogP contribution is -1.93. The predicted octanol–water partition coefficient (Wildman–Crippen LogP) is 4.17. The van der Waals surface area contributed by atoms with Crippen molar-refractivity contribution in [1.29, 1.82) is 0 Å². The van der Waals surface area contributed by atoms with E-state index >= 15 is 0 Å². The SMILES string of the molecule is CC[C](C)CCC[C](C)CC. The third-order valence-corrected chi connectivity index (χ3v) is 2.41. The molecule has 2 radical (unpaired) electrons. The Morgan fingerprint density at radius 1 is 0.818 bits per heavy atom. The second-order valence-corrected chi connectivity index (χ2v) is 3.47. The number of hydrogen-bond acceptors (Lipinski definition) is 0. The highest BCUT2D eigenvalue weighted by atomic mass is 14.1. The predicted molar refractivity (Wildman–Crippen MR) is 52.3 cm³/mol. The minimum atomic E-state index is 1.26. The van der Waals surface area contributed by atoms with E-state index < -0.39 is 0 Å². The van der Waals surface area contributed by atoms with Crippen molar-refractivity contribution >= 4 is 0 Å². The maximum Gasteiger partial charge on any atom is -0.0275 e. The van der Waals surface area contributed by atoms with Gasteiger partial charge in [-0.25, -0.2) is 0 Å². The fourth-order valence-electron chi connectivity index (χ4n) is 1.05. The lowest BCUT2D eigenvalue weighted by molar-refractivity contribution is 0.651. The van der Waals surface area contributed by atoms with E-state index in [4.69, 9.17) is 0 Å². The summed E-state index contributed by atoms with van der Waals surface area (Å²) in [6.45, 7) is 9.01. The summed E-state index contributed by atoms with van der Waals surface area (Å²) in [5.74, 6) is 3.29. The molecule has 11 heavy (non-hydrogen) atoms. The molecule has 0 fully saturated rings. The Morgan fingerprint density at radius 2 is 1.18 bits per heavy atom. The van der Waals surface area contributed by atoms with E-state index in [1.165, 1.54) is 32.1 Å². The molecule has 0 aromatic heterocycles. The van der Waals surface area contributed by atoms with Crippen molar-refractivity contribution in [2.75, 3.05) is 0 Å². The average molecular weight is 154 g/mol. The molecule has 0 amide bonds. The molecule has 0 heteroatoms. The van der Waals surface area contributed by atoms with Gasteiger partial charge in [-0.1, -0.05) is 47.0 Å². The van der Waals surface area contributed by atoms with Gasteiger partial charge < -0.3 is 0 Å². The molecule has 0 rings (SSSR count). The first kappa shape index (κ1) is 11.0. The van der Waals surface area contributed by atoms with Crippen LogP contribution in [0.15, 0.2) is 0 Å². The molecule has 0 atom stereocenters. The van der Waals surface area contributed by atoms with Crippen LogP contribution in [-0.2, 0) is 0 Å². The molecule has 0 aliphatic carbocycles. The fourth-order valence-corrected chi connectivity index (χ4v) is 1.05. The molecule has 0 aromatic rings. The Labute approximate surface area is 72.4 Å². The topological polar surface area (TPSA) is 0 Å². The Hall–Kier alpha value is 0.